The smallest absolute Gasteiger partial charge is 0.269 e. The molecule has 9 heteroatoms. The Labute approximate surface area is 167 Å². The van der Waals surface area contributed by atoms with Crippen LogP contribution in [-0.4, -0.2) is 45.9 Å². The van der Waals surface area contributed by atoms with E-state index < -0.39 is 11.8 Å². The van der Waals surface area contributed by atoms with Gasteiger partial charge in [0.1, 0.15) is 13.2 Å². The molecule has 154 valence electrons. The lowest BCUT2D eigenvalue weighted by Gasteiger charge is -2.21. The lowest BCUT2D eigenvalue weighted by atomic mass is 10.1. The molecule has 29 heavy (non-hydrogen) atoms. The monoisotopic (exact) mass is 402 g/mol. The summed E-state index contributed by atoms with van der Waals surface area (Å²) in [5.41, 5.74) is 5.28. The molecule has 1 heterocycles. The molecule has 0 aromatic heterocycles. The van der Waals surface area contributed by atoms with Crippen LogP contribution < -0.4 is 34.5 Å². The van der Waals surface area contributed by atoms with E-state index in [0.717, 1.165) is 0 Å². The number of rotatable bonds is 6. The number of hydrazine groups is 1. The Hall–Kier alpha value is -3.62. The molecule has 2 aromatic carbocycles. The fourth-order valence-corrected chi connectivity index (χ4v) is 2.75. The van der Waals surface area contributed by atoms with Crippen LogP contribution in [0.15, 0.2) is 30.3 Å². The molecule has 0 radical (unpaired) electrons. The number of fused-ring (bicyclic) bond motifs is 1. The van der Waals surface area contributed by atoms with Gasteiger partial charge in [0.05, 0.1) is 20.8 Å². The van der Waals surface area contributed by atoms with E-state index in [0.29, 0.717) is 54.1 Å². The van der Waals surface area contributed by atoms with Gasteiger partial charge in [-0.3, -0.25) is 20.4 Å². The van der Waals surface area contributed by atoms with E-state index in [1.165, 1.54) is 32.4 Å². The number of ether oxygens (including phenoxy) is 5. The van der Waals surface area contributed by atoms with Gasteiger partial charge in [-0.1, -0.05) is 0 Å². The van der Waals surface area contributed by atoms with Crippen molar-refractivity contribution in [2.75, 3.05) is 34.0 Å². The minimum absolute atomic E-state index is 0.246. The van der Waals surface area contributed by atoms with E-state index in [-0.39, 0.29) is 5.56 Å². The average molecular weight is 402 g/mol. The predicted octanol–water partition coefficient (Wildman–Crippen LogP) is 1.95. The standard InChI is InChI=1S/C20H22N2O7/c1-4-27-14-6-5-12(9-15(14)25-2)19(23)21-22-20(24)13-10-16(26-3)18-17(11-13)28-7-8-29-18/h5-6,9-11H,4,7-8H2,1-3H3,(H,21,23)(H,22,24). The van der Waals surface area contributed by atoms with Gasteiger partial charge in [0.25, 0.3) is 11.8 Å². The van der Waals surface area contributed by atoms with Crippen LogP contribution >= 0.6 is 0 Å². The van der Waals surface area contributed by atoms with E-state index in [4.69, 9.17) is 23.7 Å². The van der Waals surface area contributed by atoms with Crippen molar-refractivity contribution in [3.63, 3.8) is 0 Å². The fourth-order valence-electron chi connectivity index (χ4n) is 2.75. The molecular weight excluding hydrogens is 380 g/mol. The summed E-state index contributed by atoms with van der Waals surface area (Å²) >= 11 is 0. The topological polar surface area (TPSA) is 104 Å². The molecule has 0 unspecified atom stereocenters. The van der Waals surface area contributed by atoms with Crippen LogP contribution in [0.25, 0.3) is 0 Å². The summed E-state index contributed by atoms with van der Waals surface area (Å²) in [7, 11) is 2.95. The normalized spacial score (nSPS) is 12.0. The van der Waals surface area contributed by atoms with Crippen LogP contribution in [0.5, 0.6) is 28.7 Å². The Morgan fingerprint density at radius 1 is 0.897 bits per heavy atom. The van der Waals surface area contributed by atoms with Crippen LogP contribution in [0.2, 0.25) is 0 Å². The lowest BCUT2D eigenvalue weighted by Crippen LogP contribution is -2.41. The molecule has 0 aliphatic carbocycles. The predicted molar refractivity (Wildman–Crippen MR) is 103 cm³/mol. The average Bonchev–Trinajstić information content (AvgIpc) is 2.76. The van der Waals surface area contributed by atoms with Crippen molar-refractivity contribution in [3.05, 3.63) is 41.5 Å². The first-order chi connectivity index (χ1) is 14.1. The van der Waals surface area contributed by atoms with Crippen molar-refractivity contribution in [2.24, 2.45) is 0 Å². The number of carbonyl (C=O) groups excluding carboxylic acids is 2. The number of amides is 2. The van der Waals surface area contributed by atoms with Crippen molar-refractivity contribution in [3.8, 4) is 28.7 Å². The zero-order valence-corrected chi connectivity index (χ0v) is 16.4. The quantitative estimate of drug-likeness (QED) is 0.712. The van der Waals surface area contributed by atoms with Crippen LogP contribution in [0.4, 0.5) is 0 Å². The third-order valence-electron chi connectivity index (χ3n) is 4.11. The maximum atomic E-state index is 12.5. The maximum absolute atomic E-state index is 12.5. The molecule has 3 rings (SSSR count). The van der Waals surface area contributed by atoms with Gasteiger partial charge in [-0.05, 0) is 37.3 Å². The van der Waals surface area contributed by atoms with Crippen LogP contribution in [0.3, 0.4) is 0 Å². The number of methoxy groups -OCH3 is 2. The summed E-state index contributed by atoms with van der Waals surface area (Å²) in [6.07, 6.45) is 0. The first-order valence-corrected chi connectivity index (χ1v) is 8.96. The number of hydrogen-bond acceptors (Lipinski definition) is 7. The second-order valence-corrected chi connectivity index (χ2v) is 5.91. The van der Waals surface area contributed by atoms with Gasteiger partial charge in [0.15, 0.2) is 23.0 Å². The molecule has 0 bridgehead atoms. The molecule has 0 fully saturated rings. The van der Waals surface area contributed by atoms with E-state index in [9.17, 15) is 9.59 Å². The molecule has 2 amide bonds. The Morgan fingerprint density at radius 3 is 2.24 bits per heavy atom. The fraction of sp³-hybridized carbons (Fsp3) is 0.300. The van der Waals surface area contributed by atoms with Gasteiger partial charge in [0, 0.05) is 11.1 Å². The van der Waals surface area contributed by atoms with Crippen molar-refractivity contribution < 1.29 is 33.3 Å². The minimum Gasteiger partial charge on any atom is -0.493 e. The Balaban J connectivity index is 1.70. The van der Waals surface area contributed by atoms with Crippen molar-refractivity contribution >= 4 is 11.8 Å². The van der Waals surface area contributed by atoms with Crippen molar-refractivity contribution in [1.29, 1.82) is 0 Å². The molecule has 0 atom stereocenters. The summed E-state index contributed by atoms with van der Waals surface area (Å²) in [5.74, 6) is 1.12. The van der Waals surface area contributed by atoms with Gasteiger partial charge in [-0.2, -0.15) is 0 Å². The number of nitrogens with one attached hydrogen (secondary N) is 2. The van der Waals surface area contributed by atoms with Crippen molar-refractivity contribution in [1.82, 2.24) is 10.9 Å². The first kappa shape index (κ1) is 20.1. The molecular formula is C20H22N2O7. The number of benzene rings is 2. The first-order valence-electron chi connectivity index (χ1n) is 8.96. The van der Waals surface area contributed by atoms with E-state index in [2.05, 4.69) is 10.9 Å². The third kappa shape index (κ3) is 4.45. The lowest BCUT2D eigenvalue weighted by molar-refractivity contribution is 0.0845. The molecule has 2 N–H and O–H groups in total. The van der Waals surface area contributed by atoms with Crippen LogP contribution in [0, 0.1) is 0 Å². The molecule has 9 nitrogen and oxygen atoms in total. The number of carbonyl (C=O) groups is 2. The molecule has 2 aromatic rings. The van der Waals surface area contributed by atoms with E-state index in [1.54, 1.807) is 12.1 Å². The Kier molecular flexibility index (Phi) is 6.28. The summed E-state index contributed by atoms with van der Waals surface area (Å²) in [6, 6.07) is 7.76. The number of hydrogen-bond donors (Lipinski definition) is 2. The molecule has 0 saturated heterocycles. The highest BCUT2D eigenvalue weighted by atomic mass is 16.6. The van der Waals surface area contributed by atoms with Gasteiger partial charge in [-0.25, -0.2) is 0 Å². The maximum Gasteiger partial charge on any atom is 0.269 e. The molecule has 1 aliphatic heterocycles. The summed E-state index contributed by atoms with van der Waals surface area (Å²) in [5, 5.41) is 0. The third-order valence-corrected chi connectivity index (χ3v) is 4.11. The summed E-state index contributed by atoms with van der Waals surface area (Å²) < 4.78 is 26.9. The molecule has 0 spiro atoms. The van der Waals surface area contributed by atoms with Gasteiger partial charge in [-0.15, -0.1) is 0 Å². The van der Waals surface area contributed by atoms with Crippen molar-refractivity contribution in [2.45, 2.75) is 6.92 Å². The van der Waals surface area contributed by atoms with Crippen LogP contribution in [-0.2, 0) is 0 Å². The van der Waals surface area contributed by atoms with E-state index in [1.807, 2.05) is 6.92 Å². The Bertz CT molecular complexity index is 897. The van der Waals surface area contributed by atoms with Crippen LogP contribution in [0.1, 0.15) is 27.6 Å². The minimum atomic E-state index is -0.536. The van der Waals surface area contributed by atoms with E-state index >= 15 is 0 Å². The highest BCUT2D eigenvalue weighted by Gasteiger charge is 2.21. The zero-order valence-electron chi connectivity index (χ0n) is 16.4. The SMILES string of the molecule is CCOc1ccc(C(=O)NNC(=O)c2cc(OC)c3c(c2)OCCO3)cc1OC. The highest BCUT2D eigenvalue weighted by Crippen LogP contribution is 2.40. The highest BCUT2D eigenvalue weighted by molar-refractivity contribution is 6.00. The summed E-state index contributed by atoms with van der Waals surface area (Å²) in [4.78, 5) is 24.9. The molecule has 0 saturated carbocycles. The largest absolute Gasteiger partial charge is 0.493 e. The van der Waals surface area contributed by atoms with Gasteiger partial charge < -0.3 is 23.7 Å². The molecule has 1 aliphatic rings. The second-order valence-electron chi connectivity index (χ2n) is 5.91. The second kappa shape index (κ2) is 9.05. The van der Waals surface area contributed by atoms with Gasteiger partial charge >= 0.3 is 0 Å². The Morgan fingerprint density at radius 2 is 1.55 bits per heavy atom. The zero-order chi connectivity index (χ0) is 20.8. The summed E-state index contributed by atoms with van der Waals surface area (Å²) in [6.45, 7) is 3.09. The van der Waals surface area contributed by atoms with Gasteiger partial charge in [0.2, 0.25) is 5.75 Å².